The third-order valence-corrected chi connectivity index (χ3v) is 3.20. The Morgan fingerprint density at radius 2 is 1.95 bits per heavy atom. The molecule has 1 aromatic rings. The summed E-state index contributed by atoms with van der Waals surface area (Å²) in [4.78, 5) is 13.5. The second-order valence-electron chi connectivity index (χ2n) is 6.29. The van der Waals surface area contributed by atoms with Gasteiger partial charge >= 0.3 is 6.09 Å². The van der Waals surface area contributed by atoms with E-state index in [1.807, 2.05) is 51.1 Å². The van der Waals surface area contributed by atoms with Crippen LogP contribution in [0.4, 0.5) is 4.79 Å². The Labute approximate surface area is 125 Å². The van der Waals surface area contributed by atoms with Gasteiger partial charge < -0.3 is 19.5 Å². The molecule has 1 amide bonds. The van der Waals surface area contributed by atoms with Crippen molar-refractivity contribution in [3.63, 3.8) is 0 Å². The Morgan fingerprint density at radius 1 is 1.29 bits per heavy atom. The molecule has 116 valence electrons. The lowest BCUT2D eigenvalue weighted by molar-refractivity contribution is -0.0179. The molecule has 0 saturated carbocycles. The van der Waals surface area contributed by atoms with E-state index in [-0.39, 0.29) is 12.6 Å². The lowest BCUT2D eigenvalue weighted by Gasteiger charge is -2.24. The van der Waals surface area contributed by atoms with Crippen LogP contribution in [0.2, 0.25) is 0 Å². The van der Waals surface area contributed by atoms with Gasteiger partial charge in [-0.1, -0.05) is 30.3 Å². The van der Waals surface area contributed by atoms with Crippen LogP contribution in [0.25, 0.3) is 0 Å². The molecule has 1 saturated heterocycles. The summed E-state index contributed by atoms with van der Waals surface area (Å²) < 4.78 is 11.0. The molecule has 1 aromatic carbocycles. The maximum Gasteiger partial charge on any atom is 0.410 e. The van der Waals surface area contributed by atoms with Crippen molar-refractivity contribution in [1.82, 2.24) is 4.90 Å². The van der Waals surface area contributed by atoms with Crippen molar-refractivity contribution in [2.75, 3.05) is 13.1 Å². The molecule has 2 rings (SSSR count). The van der Waals surface area contributed by atoms with Gasteiger partial charge in [-0.15, -0.1) is 0 Å². The summed E-state index contributed by atoms with van der Waals surface area (Å²) in [6.45, 7) is 6.48. The fourth-order valence-electron chi connectivity index (χ4n) is 2.17. The van der Waals surface area contributed by atoms with Crippen LogP contribution < -0.4 is 0 Å². The maximum atomic E-state index is 12.0. The highest BCUT2D eigenvalue weighted by Crippen LogP contribution is 2.18. The molecule has 1 N–H and O–H groups in total. The summed E-state index contributed by atoms with van der Waals surface area (Å²) in [6, 6.07) is 9.76. The van der Waals surface area contributed by atoms with Crippen LogP contribution in [0.1, 0.15) is 26.3 Å². The molecular weight excluding hydrogens is 270 g/mol. The summed E-state index contributed by atoms with van der Waals surface area (Å²) in [5.41, 5.74) is 0.505. The van der Waals surface area contributed by atoms with E-state index in [1.165, 1.54) is 4.90 Å². The number of carbonyl (C=O) groups excluding carboxylic acids is 1. The number of nitrogens with zero attached hydrogens (tertiary/aromatic N) is 1. The minimum atomic E-state index is -0.679. The summed E-state index contributed by atoms with van der Waals surface area (Å²) in [5.74, 6) is 0. The average Bonchev–Trinajstić information content (AvgIpc) is 2.77. The van der Waals surface area contributed by atoms with Crippen molar-refractivity contribution >= 4 is 6.09 Å². The molecule has 0 aromatic heterocycles. The molecule has 0 spiro atoms. The summed E-state index contributed by atoms with van der Waals surface area (Å²) in [5, 5.41) is 10.0. The Bertz CT molecular complexity index is 469. The van der Waals surface area contributed by atoms with Crippen molar-refractivity contribution in [3.05, 3.63) is 35.9 Å². The zero-order chi connectivity index (χ0) is 15.5. The second-order valence-corrected chi connectivity index (χ2v) is 6.29. The molecule has 5 nitrogen and oxygen atoms in total. The average molecular weight is 293 g/mol. The largest absolute Gasteiger partial charge is 0.444 e. The predicted molar refractivity (Wildman–Crippen MR) is 78.8 cm³/mol. The second kappa shape index (κ2) is 6.45. The molecule has 5 heteroatoms. The van der Waals surface area contributed by atoms with Crippen LogP contribution >= 0.6 is 0 Å². The van der Waals surface area contributed by atoms with Gasteiger partial charge in [0.1, 0.15) is 11.7 Å². The number of ether oxygens (including phenoxy) is 2. The first-order chi connectivity index (χ1) is 9.85. The number of amides is 1. The summed E-state index contributed by atoms with van der Waals surface area (Å²) >= 11 is 0. The maximum absolute atomic E-state index is 12.0. The van der Waals surface area contributed by atoms with Crippen molar-refractivity contribution in [1.29, 1.82) is 0 Å². The molecule has 21 heavy (non-hydrogen) atoms. The first kappa shape index (κ1) is 15.8. The quantitative estimate of drug-likeness (QED) is 0.928. The zero-order valence-corrected chi connectivity index (χ0v) is 12.8. The summed E-state index contributed by atoms with van der Waals surface area (Å²) in [7, 11) is 0. The summed E-state index contributed by atoms with van der Waals surface area (Å²) in [6.07, 6.45) is -1.47. The number of aliphatic hydroxyl groups excluding tert-OH is 1. The minimum absolute atomic E-state index is 0.244. The van der Waals surface area contributed by atoms with Gasteiger partial charge in [0.05, 0.1) is 25.8 Å². The fraction of sp³-hybridized carbons (Fsp3) is 0.562. The number of hydrogen-bond acceptors (Lipinski definition) is 4. The van der Waals surface area contributed by atoms with Crippen molar-refractivity contribution in [2.45, 2.75) is 45.2 Å². The highest BCUT2D eigenvalue weighted by molar-refractivity contribution is 5.68. The number of rotatable bonds is 3. The van der Waals surface area contributed by atoms with Crippen LogP contribution in [-0.2, 0) is 16.1 Å². The predicted octanol–water partition coefficient (Wildman–Crippen LogP) is 2.18. The lowest BCUT2D eigenvalue weighted by Crippen LogP contribution is -2.36. The molecule has 1 aliphatic rings. The molecule has 0 unspecified atom stereocenters. The number of aliphatic hydroxyl groups is 1. The van der Waals surface area contributed by atoms with Gasteiger partial charge in [0.25, 0.3) is 0 Å². The third kappa shape index (κ3) is 4.72. The van der Waals surface area contributed by atoms with Crippen molar-refractivity contribution in [2.24, 2.45) is 0 Å². The normalized spacial score (nSPS) is 22.4. The fourth-order valence-corrected chi connectivity index (χ4v) is 2.17. The number of hydrogen-bond donors (Lipinski definition) is 1. The third-order valence-electron chi connectivity index (χ3n) is 3.20. The number of carbonyl (C=O) groups is 1. The van der Waals surface area contributed by atoms with E-state index < -0.39 is 17.8 Å². The van der Waals surface area contributed by atoms with Gasteiger partial charge in [-0.05, 0) is 26.3 Å². The smallest absolute Gasteiger partial charge is 0.410 e. The van der Waals surface area contributed by atoms with E-state index in [2.05, 4.69) is 0 Å². The van der Waals surface area contributed by atoms with E-state index in [1.54, 1.807) is 0 Å². The van der Waals surface area contributed by atoms with E-state index in [4.69, 9.17) is 9.47 Å². The SMILES string of the molecule is CC(C)(C)OC(=O)N1C[C@H](OCc2ccccc2)[C@@H](O)C1. The van der Waals surface area contributed by atoms with Gasteiger partial charge in [-0.25, -0.2) is 4.79 Å². The van der Waals surface area contributed by atoms with Crippen molar-refractivity contribution in [3.8, 4) is 0 Å². The van der Waals surface area contributed by atoms with E-state index in [9.17, 15) is 9.90 Å². The van der Waals surface area contributed by atoms with Crippen LogP contribution in [0, 0.1) is 0 Å². The van der Waals surface area contributed by atoms with Crippen LogP contribution in [0.3, 0.4) is 0 Å². The molecule has 1 fully saturated rings. The molecule has 0 radical (unpaired) electrons. The highest BCUT2D eigenvalue weighted by atomic mass is 16.6. The molecule has 0 bridgehead atoms. The van der Waals surface area contributed by atoms with E-state index in [0.29, 0.717) is 13.2 Å². The van der Waals surface area contributed by atoms with Gasteiger partial charge in [-0.2, -0.15) is 0 Å². The van der Waals surface area contributed by atoms with E-state index >= 15 is 0 Å². The van der Waals surface area contributed by atoms with Gasteiger partial charge in [-0.3, -0.25) is 0 Å². The molecule has 1 heterocycles. The number of benzene rings is 1. The first-order valence-electron chi connectivity index (χ1n) is 7.17. The van der Waals surface area contributed by atoms with Crippen molar-refractivity contribution < 1.29 is 19.4 Å². The Kier molecular flexibility index (Phi) is 4.85. The monoisotopic (exact) mass is 293 g/mol. The van der Waals surface area contributed by atoms with Crippen LogP contribution in [0.5, 0.6) is 0 Å². The Balaban J connectivity index is 1.85. The zero-order valence-electron chi connectivity index (χ0n) is 12.8. The minimum Gasteiger partial charge on any atom is -0.444 e. The topological polar surface area (TPSA) is 59.0 Å². The molecule has 1 aliphatic heterocycles. The standard InChI is InChI=1S/C16H23NO4/c1-16(2,3)21-15(19)17-9-13(18)14(10-17)20-11-12-7-5-4-6-8-12/h4-8,13-14,18H,9-11H2,1-3H3/t13-,14-/m0/s1. The molecule has 2 atom stereocenters. The number of β-amino-alcohol motifs (C(OH)–C–C–N with tert-alkyl or cyclic N) is 1. The molecular formula is C16H23NO4. The van der Waals surface area contributed by atoms with Gasteiger partial charge in [0.2, 0.25) is 0 Å². The Hall–Kier alpha value is -1.59. The van der Waals surface area contributed by atoms with Crippen LogP contribution in [-0.4, -0.2) is 47.0 Å². The van der Waals surface area contributed by atoms with Crippen LogP contribution in [0.15, 0.2) is 30.3 Å². The number of likely N-dealkylation sites (tertiary alicyclic amines) is 1. The van der Waals surface area contributed by atoms with Gasteiger partial charge in [0.15, 0.2) is 0 Å². The highest BCUT2D eigenvalue weighted by Gasteiger charge is 2.36. The van der Waals surface area contributed by atoms with Gasteiger partial charge in [0, 0.05) is 0 Å². The molecule has 0 aliphatic carbocycles. The Morgan fingerprint density at radius 3 is 2.57 bits per heavy atom. The first-order valence-corrected chi connectivity index (χ1v) is 7.17. The van der Waals surface area contributed by atoms with E-state index in [0.717, 1.165) is 5.56 Å². The lowest BCUT2D eigenvalue weighted by atomic mass is 10.2.